The van der Waals surface area contributed by atoms with Gasteiger partial charge in [0.1, 0.15) is 5.41 Å². The number of nitrogens with zero attached hydrogens (tertiary/aromatic N) is 1. The van der Waals surface area contributed by atoms with E-state index in [0.29, 0.717) is 22.2 Å². The molecule has 1 aromatic carbocycles. The van der Waals surface area contributed by atoms with Crippen molar-refractivity contribution in [3.63, 3.8) is 0 Å². The van der Waals surface area contributed by atoms with Crippen LogP contribution in [0.2, 0.25) is 10.0 Å². The summed E-state index contributed by atoms with van der Waals surface area (Å²) in [7, 11) is 0. The summed E-state index contributed by atoms with van der Waals surface area (Å²) in [5.74, 6) is -0.609. The molecule has 7 heteroatoms. The molecule has 0 fully saturated rings. The van der Waals surface area contributed by atoms with Gasteiger partial charge in [0.25, 0.3) is 0 Å². The Morgan fingerprint density at radius 2 is 2.10 bits per heavy atom. The van der Waals surface area contributed by atoms with Crippen LogP contribution in [0.15, 0.2) is 17.3 Å². The first-order valence-corrected chi connectivity index (χ1v) is 6.77. The lowest BCUT2D eigenvalue weighted by atomic mass is 9.85. The highest BCUT2D eigenvalue weighted by Crippen LogP contribution is 2.34. The summed E-state index contributed by atoms with van der Waals surface area (Å²) in [4.78, 5) is 12.4. The highest BCUT2D eigenvalue weighted by molar-refractivity contribution is 6.40. The highest BCUT2D eigenvalue weighted by Gasteiger charge is 2.37. The van der Waals surface area contributed by atoms with Gasteiger partial charge in [-0.2, -0.15) is 0 Å². The molecule has 0 aliphatic carbocycles. The van der Waals surface area contributed by atoms with E-state index in [1.54, 1.807) is 32.9 Å². The Labute approximate surface area is 127 Å². The first-order valence-electron chi connectivity index (χ1n) is 6.02. The molecule has 1 rings (SSSR count). The number of hydrogen-bond acceptors (Lipinski definition) is 3. The van der Waals surface area contributed by atoms with Gasteiger partial charge in [0.2, 0.25) is 5.91 Å². The number of anilines is 1. The molecular formula is C13H17Cl2N3O2. The molecule has 20 heavy (non-hydrogen) atoms. The van der Waals surface area contributed by atoms with E-state index in [4.69, 9.17) is 34.1 Å². The van der Waals surface area contributed by atoms with E-state index >= 15 is 0 Å². The van der Waals surface area contributed by atoms with Crippen LogP contribution in [0.4, 0.5) is 5.69 Å². The number of carbonyl (C=O) groups excluding carboxylic acids is 1. The number of aryl methyl sites for hydroxylation is 1. The molecule has 4 N–H and O–H groups in total. The minimum atomic E-state index is -1.15. The van der Waals surface area contributed by atoms with Crippen LogP contribution >= 0.6 is 23.2 Å². The third-order valence-electron chi connectivity index (χ3n) is 3.40. The fraction of sp³-hybridized carbons (Fsp3) is 0.385. The number of amidine groups is 1. The molecule has 1 unspecified atom stereocenters. The van der Waals surface area contributed by atoms with Gasteiger partial charge in [-0.15, -0.1) is 0 Å². The predicted molar refractivity (Wildman–Crippen MR) is 81.6 cm³/mol. The number of halogens is 2. The van der Waals surface area contributed by atoms with E-state index in [-0.39, 0.29) is 5.84 Å². The third kappa shape index (κ3) is 2.99. The molecule has 0 heterocycles. The van der Waals surface area contributed by atoms with Crippen molar-refractivity contribution in [2.24, 2.45) is 16.3 Å². The summed E-state index contributed by atoms with van der Waals surface area (Å²) < 4.78 is 0. The molecule has 0 saturated heterocycles. The molecule has 5 nitrogen and oxygen atoms in total. The smallest absolute Gasteiger partial charge is 0.238 e. The SMILES string of the molecule is CCC(C)(C(=O)Nc1c(Cl)ccc(C)c1Cl)/C(N)=N/O. The third-order valence-corrected chi connectivity index (χ3v) is 4.21. The summed E-state index contributed by atoms with van der Waals surface area (Å²) >= 11 is 12.2. The van der Waals surface area contributed by atoms with E-state index in [2.05, 4.69) is 10.5 Å². The van der Waals surface area contributed by atoms with Crippen LogP contribution < -0.4 is 11.1 Å². The van der Waals surface area contributed by atoms with E-state index in [9.17, 15) is 4.79 Å². The van der Waals surface area contributed by atoms with E-state index in [1.165, 1.54) is 0 Å². The highest BCUT2D eigenvalue weighted by atomic mass is 35.5. The normalized spacial score (nSPS) is 14.8. The van der Waals surface area contributed by atoms with E-state index in [0.717, 1.165) is 5.56 Å². The summed E-state index contributed by atoms with van der Waals surface area (Å²) in [6.07, 6.45) is 0.357. The Kier molecular flexibility index (Phi) is 5.25. The van der Waals surface area contributed by atoms with Crippen LogP contribution in [-0.4, -0.2) is 17.0 Å². The summed E-state index contributed by atoms with van der Waals surface area (Å²) in [5, 5.41) is 15.1. The van der Waals surface area contributed by atoms with Gasteiger partial charge < -0.3 is 16.3 Å². The van der Waals surface area contributed by atoms with Crippen LogP contribution in [-0.2, 0) is 4.79 Å². The van der Waals surface area contributed by atoms with Crippen molar-refractivity contribution >= 4 is 40.6 Å². The van der Waals surface area contributed by atoms with Gasteiger partial charge >= 0.3 is 0 Å². The first kappa shape index (κ1) is 16.6. The average molecular weight is 318 g/mol. The van der Waals surface area contributed by atoms with Gasteiger partial charge in [0, 0.05) is 0 Å². The lowest BCUT2D eigenvalue weighted by Gasteiger charge is -2.26. The molecule has 0 aromatic heterocycles. The van der Waals surface area contributed by atoms with Gasteiger partial charge in [-0.05, 0) is 31.9 Å². The second kappa shape index (κ2) is 6.33. The maximum absolute atomic E-state index is 12.4. The number of nitrogens with two attached hydrogens (primary N) is 1. The Balaban J connectivity index is 3.17. The van der Waals surface area contributed by atoms with Crippen LogP contribution in [0.1, 0.15) is 25.8 Å². The second-order valence-electron chi connectivity index (χ2n) is 4.68. The lowest BCUT2D eigenvalue weighted by molar-refractivity contribution is -0.121. The maximum atomic E-state index is 12.4. The zero-order chi connectivity index (χ0) is 15.5. The van der Waals surface area contributed by atoms with Crippen molar-refractivity contribution in [3.8, 4) is 0 Å². The molecule has 110 valence electrons. The van der Waals surface area contributed by atoms with Crippen LogP contribution in [0.5, 0.6) is 0 Å². The molecule has 0 saturated carbocycles. The maximum Gasteiger partial charge on any atom is 0.238 e. The minimum absolute atomic E-state index is 0.169. The molecular weight excluding hydrogens is 301 g/mol. The van der Waals surface area contributed by atoms with Gasteiger partial charge in [-0.3, -0.25) is 4.79 Å². The molecule has 0 spiro atoms. The Morgan fingerprint density at radius 1 is 1.50 bits per heavy atom. The second-order valence-corrected chi connectivity index (χ2v) is 5.46. The molecule has 1 aromatic rings. The van der Waals surface area contributed by atoms with Crippen molar-refractivity contribution < 1.29 is 10.0 Å². The minimum Gasteiger partial charge on any atom is -0.409 e. The Morgan fingerprint density at radius 3 is 2.60 bits per heavy atom. The largest absolute Gasteiger partial charge is 0.409 e. The fourth-order valence-corrected chi connectivity index (χ4v) is 2.06. The van der Waals surface area contributed by atoms with E-state index in [1.807, 2.05) is 0 Å². The number of amides is 1. The molecule has 1 amide bonds. The summed E-state index contributed by atoms with van der Waals surface area (Å²) in [5.41, 5.74) is 5.56. The first-order chi connectivity index (χ1) is 9.27. The topological polar surface area (TPSA) is 87.7 Å². The molecule has 0 radical (unpaired) electrons. The van der Waals surface area contributed by atoms with Gasteiger partial charge in [0.05, 0.1) is 15.7 Å². The summed E-state index contributed by atoms with van der Waals surface area (Å²) in [6, 6.07) is 3.40. The number of rotatable bonds is 4. The van der Waals surface area contributed by atoms with Crippen LogP contribution in [0.25, 0.3) is 0 Å². The standard InChI is InChI=1S/C13H17Cl2N3O2/c1-4-13(3,11(16)18-20)12(19)17-10-8(14)6-5-7(2)9(10)15/h5-6,20H,4H2,1-3H3,(H2,16,18)(H,17,19). The number of hydrogen-bond donors (Lipinski definition) is 3. The van der Waals surface area contributed by atoms with Crippen molar-refractivity contribution in [1.82, 2.24) is 0 Å². The molecule has 0 aliphatic rings. The average Bonchev–Trinajstić information content (AvgIpc) is 2.45. The van der Waals surface area contributed by atoms with Crippen molar-refractivity contribution in [3.05, 3.63) is 27.7 Å². The zero-order valence-corrected chi connectivity index (χ0v) is 13.0. The molecule has 1 atom stereocenters. The van der Waals surface area contributed by atoms with Gasteiger partial charge in [-0.25, -0.2) is 0 Å². The van der Waals surface area contributed by atoms with Crippen molar-refractivity contribution in [2.75, 3.05) is 5.32 Å². The number of nitrogens with one attached hydrogen (secondary N) is 1. The monoisotopic (exact) mass is 317 g/mol. The fourth-order valence-electron chi connectivity index (χ4n) is 1.59. The van der Waals surface area contributed by atoms with Crippen molar-refractivity contribution in [2.45, 2.75) is 27.2 Å². The van der Waals surface area contributed by atoms with Gasteiger partial charge in [0.15, 0.2) is 5.84 Å². The Bertz CT molecular complexity index is 561. The van der Waals surface area contributed by atoms with Crippen LogP contribution in [0, 0.1) is 12.3 Å². The van der Waals surface area contributed by atoms with Crippen LogP contribution in [0.3, 0.4) is 0 Å². The molecule has 0 aliphatic heterocycles. The Hall–Kier alpha value is -1.46. The molecule has 0 bridgehead atoms. The lowest BCUT2D eigenvalue weighted by Crippen LogP contribution is -2.44. The number of oxime groups is 1. The van der Waals surface area contributed by atoms with Crippen molar-refractivity contribution in [1.29, 1.82) is 0 Å². The number of benzene rings is 1. The predicted octanol–water partition coefficient (Wildman–Crippen LogP) is 3.40. The quantitative estimate of drug-likeness (QED) is 0.344. The number of carbonyl (C=O) groups is 1. The zero-order valence-electron chi connectivity index (χ0n) is 11.5. The van der Waals surface area contributed by atoms with E-state index < -0.39 is 11.3 Å². The summed E-state index contributed by atoms with van der Waals surface area (Å²) in [6.45, 7) is 5.14. The van der Waals surface area contributed by atoms with Gasteiger partial charge in [-0.1, -0.05) is 41.3 Å².